The van der Waals surface area contributed by atoms with E-state index in [4.69, 9.17) is 11.6 Å². The van der Waals surface area contributed by atoms with Crippen molar-refractivity contribution in [2.75, 3.05) is 4.31 Å². The van der Waals surface area contributed by atoms with Crippen molar-refractivity contribution < 1.29 is 27.5 Å². The lowest BCUT2D eigenvalue weighted by Crippen LogP contribution is -2.41. The number of halogens is 3. The third-order valence-corrected chi connectivity index (χ3v) is 8.40. The van der Waals surface area contributed by atoms with E-state index in [-0.39, 0.29) is 28.8 Å². The molecule has 0 fully saturated rings. The molecule has 0 aliphatic heterocycles. The molecule has 2 aromatic rings. The molecule has 36 heavy (non-hydrogen) atoms. The van der Waals surface area contributed by atoms with Crippen molar-refractivity contribution in [2.24, 2.45) is 5.92 Å². The van der Waals surface area contributed by atoms with Gasteiger partial charge in [0.2, 0.25) is 5.91 Å². The molecule has 198 valence electrons. The quantitative estimate of drug-likeness (QED) is 0.209. The number of amides is 1. The first-order valence-electron chi connectivity index (χ1n) is 11.6. The van der Waals surface area contributed by atoms with E-state index in [1.54, 1.807) is 13.0 Å². The lowest BCUT2D eigenvalue weighted by atomic mass is 10.0. The van der Waals surface area contributed by atoms with Crippen molar-refractivity contribution >= 4 is 61.8 Å². The minimum atomic E-state index is -4.11. The molecule has 0 saturated heterocycles. The van der Waals surface area contributed by atoms with E-state index in [1.807, 2.05) is 36.4 Å². The number of aliphatic carboxylic acids is 1. The molecule has 2 atom stereocenters. The molecular formula is C25H31ClFIN2O5S. The van der Waals surface area contributed by atoms with Gasteiger partial charge in [-0.25, -0.2) is 17.6 Å². The smallest absolute Gasteiger partial charge is 0.326 e. The van der Waals surface area contributed by atoms with Gasteiger partial charge in [0.15, 0.2) is 0 Å². The van der Waals surface area contributed by atoms with Crippen LogP contribution in [0.2, 0.25) is 5.02 Å². The molecule has 0 bridgehead atoms. The molecule has 0 aliphatic rings. The fourth-order valence-corrected chi connectivity index (χ4v) is 6.07. The molecule has 0 aromatic heterocycles. The zero-order chi connectivity index (χ0) is 27.0. The summed E-state index contributed by atoms with van der Waals surface area (Å²) in [5.41, 5.74) is -0.0555. The number of nitrogens with one attached hydrogen (secondary N) is 1. The molecule has 2 rings (SSSR count). The third-order valence-electron chi connectivity index (χ3n) is 5.53. The number of carbonyl (C=O) groups is 2. The first kappa shape index (κ1) is 30.3. The summed E-state index contributed by atoms with van der Waals surface area (Å²) in [7, 11) is -4.11. The van der Waals surface area contributed by atoms with Gasteiger partial charge < -0.3 is 10.4 Å². The molecule has 0 spiro atoms. The number of anilines is 1. The van der Waals surface area contributed by atoms with Crippen molar-refractivity contribution in [2.45, 2.75) is 69.9 Å². The Morgan fingerprint density at radius 3 is 2.33 bits per heavy atom. The Balaban J connectivity index is 2.14. The Morgan fingerprint density at radius 2 is 1.75 bits per heavy atom. The van der Waals surface area contributed by atoms with Gasteiger partial charge >= 0.3 is 5.97 Å². The Bertz CT molecular complexity index is 1160. The maximum absolute atomic E-state index is 14.8. The maximum Gasteiger partial charge on any atom is 0.326 e. The van der Waals surface area contributed by atoms with Crippen molar-refractivity contribution in [3.63, 3.8) is 0 Å². The number of benzene rings is 2. The first-order valence-corrected chi connectivity index (χ1v) is 14.5. The Labute approximate surface area is 230 Å². The number of unbranched alkanes of at least 4 members (excludes halogenated alkanes) is 1. The zero-order valence-electron chi connectivity index (χ0n) is 20.4. The van der Waals surface area contributed by atoms with Crippen LogP contribution in [0.15, 0.2) is 47.4 Å². The van der Waals surface area contributed by atoms with Crippen LogP contribution in [0, 0.1) is 15.3 Å². The number of carbonyl (C=O) groups excluding carboxylic acids is 1. The van der Waals surface area contributed by atoms with Crippen LogP contribution < -0.4 is 9.62 Å². The Hall–Kier alpha value is -1.92. The second-order valence-electron chi connectivity index (χ2n) is 9.03. The van der Waals surface area contributed by atoms with E-state index in [0.29, 0.717) is 34.3 Å². The van der Waals surface area contributed by atoms with Crippen molar-refractivity contribution in [3.05, 3.63) is 56.9 Å². The average Bonchev–Trinajstić information content (AvgIpc) is 2.78. The lowest BCUT2D eigenvalue weighted by Gasteiger charge is -2.31. The molecule has 0 saturated carbocycles. The van der Waals surface area contributed by atoms with E-state index in [2.05, 4.69) is 5.32 Å². The predicted molar refractivity (Wildman–Crippen MR) is 147 cm³/mol. The number of sulfonamides is 1. The van der Waals surface area contributed by atoms with Crippen molar-refractivity contribution in [1.29, 1.82) is 0 Å². The number of hydrogen-bond acceptors (Lipinski definition) is 4. The van der Waals surface area contributed by atoms with Crippen molar-refractivity contribution in [1.82, 2.24) is 5.32 Å². The number of carboxylic acid groups (broad SMARTS) is 1. The van der Waals surface area contributed by atoms with Gasteiger partial charge in [0.25, 0.3) is 10.0 Å². The molecule has 0 aliphatic carbocycles. The number of nitrogens with zero attached hydrogens (tertiary/aromatic N) is 1. The third kappa shape index (κ3) is 8.58. The summed E-state index contributed by atoms with van der Waals surface area (Å²) in [6.45, 7) is 5.45. The second-order valence-corrected chi connectivity index (χ2v) is 12.5. The van der Waals surface area contributed by atoms with E-state index in [9.17, 15) is 27.5 Å². The van der Waals surface area contributed by atoms with Gasteiger partial charge in [-0.1, -0.05) is 31.9 Å². The summed E-state index contributed by atoms with van der Waals surface area (Å²) >= 11 is 7.91. The topological polar surface area (TPSA) is 104 Å². The number of rotatable bonds is 13. The van der Waals surface area contributed by atoms with E-state index in [0.717, 1.165) is 4.31 Å². The summed E-state index contributed by atoms with van der Waals surface area (Å²) in [5.74, 6) is -2.00. The molecule has 2 N–H and O–H groups in total. The highest BCUT2D eigenvalue weighted by Gasteiger charge is 2.31. The summed E-state index contributed by atoms with van der Waals surface area (Å²) in [6, 6.07) is 8.39. The van der Waals surface area contributed by atoms with Gasteiger partial charge in [-0.15, -0.1) is 0 Å². The molecule has 1 amide bonds. The van der Waals surface area contributed by atoms with Crippen LogP contribution in [-0.2, 0) is 19.6 Å². The van der Waals surface area contributed by atoms with Crippen LogP contribution in [0.5, 0.6) is 0 Å². The summed E-state index contributed by atoms with van der Waals surface area (Å²) in [4.78, 5) is 23.6. The molecule has 0 radical (unpaired) electrons. The lowest BCUT2D eigenvalue weighted by molar-refractivity contribution is -0.142. The van der Waals surface area contributed by atoms with Crippen LogP contribution in [-0.4, -0.2) is 37.5 Å². The summed E-state index contributed by atoms with van der Waals surface area (Å²) in [6.07, 6.45) is 1.70. The fraction of sp³-hybridized carbons (Fsp3) is 0.440. The highest BCUT2D eigenvalue weighted by Crippen LogP contribution is 2.32. The van der Waals surface area contributed by atoms with Gasteiger partial charge in [-0.3, -0.25) is 9.10 Å². The van der Waals surface area contributed by atoms with Crippen molar-refractivity contribution in [3.8, 4) is 0 Å². The van der Waals surface area contributed by atoms with E-state index in [1.165, 1.54) is 36.4 Å². The summed E-state index contributed by atoms with van der Waals surface area (Å²) in [5, 5.41) is 12.2. The SMILES string of the molecule is CC(C)C[C@H](NC(=O)CCCC[C@@H](C)N(c1cc(I)ccc1F)S(=O)(=O)c1ccc(Cl)cc1)C(=O)O. The van der Waals surface area contributed by atoms with E-state index < -0.39 is 33.9 Å². The minimum absolute atomic E-state index is 0.0127. The van der Waals surface area contributed by atoms with Gasteiger partial charge in [0.1, 0.15) is 11.9 Å². The molecular weight excluding hydrogens is 622 g/mol. The molecule has 0 unspecified atom stereocenters. The molecule has 2 aromatic carbocycles. The van der Waals surface area contributed by atoms with Gasteiger partial charge in [-0.05, 0) is 97.2 Å². The largest absolute Gasteiger partial charge is 0.480 e. The monoisotopic (exact) mass is 652 g/mol. The molecule has 7 nitrogen and oxygen atoms in total. The molecule has 11 heteroatoms. The molecule has 0 heterocycles. The van der Waals surface area contributed by atoms with Gasteiger partial charge in [0, 0.05) is 21.1 Å². The standard InChI is InChI=1S/C25H31ClFIN2O5S/c1-16(2)14-22(25(32)33)29-24(31)7-5-4-6-17(3)30(23-15-19(28)10-13-21(23)27)36(34,35)20-11-8-18(26)9-12-20/h8-13,15-17,22H,4-7,14H2,1-3H3,(H,29,31)(H,32,33)/t17-,22+/m1/s1. The fourth-order valence-electron chi connectivity index (χ4n) is 3.78. The van der Waals surface area contributed by atoms with Crippen LogP contribution in [0.1, 0.15) is 52.9 Å². The van der Waals surface area contributed by atoms with Crippen LogP contribution in [0.3, 0.4) is 0 Å². The maximum atomic E-state index is 14.8. The Kier molecular flexibility index (Phi) is 11.4. The van der Waals surface area contributed by atoms with Crippen LogP contribution >= 0.6 is 34.2 Å². The average molecular weight is 653 g/mol. The van der Waals surface area contributed by atoms with E-state index >= 15 is 0 Å². The highest BCUT2D eigenvalue weighted by atomic mass is 127. The number of carboxylic acids is 1. The first-order chi connectivity index (χ1) is 16.8. The van der Waals surface area contributed by atoms with Gasteiger partial charge in [-0.2, -0.15) is 0 Å². The second kappa shape index (κ2) is 13.6. The van der Waals surface area contributed by atoms with Crippen LogP contribution in [0.25, 0.3) is 0 Å². The Morgan fingerprint density at radius 1 is 1.11 bits per heavy atom. The zero-order valence-corrected chi connectivity index (χ0v) is 24.1. The van der Waals surface area contributed by atoms with Gasteiger partial charge in [0.05, 0.1) is 10.6 Å². The number of hydrogen-bond donors (Lipinski definition) is 2. The summed E-state index contributed by atoms with van der Waals surface area (Å²) < 4.78 is 43.7. The predicted octanol–water partition coefficient (Wildman–Crippen LogP) is 5.84. The normalized spacial score (nSPS) is 13.3. The minimum Gasteiger partial charge on any atom is -0.480 e. The highest BCUT2D eigenvalue weighted by molar-refractivity contribution is 14.1. The van der Waals surface area contributed by atoms with Crippen LogP contribution in [0.4, 0.5) is 10.1 Å².